The molecule has 270 valence electrons. The minimum atomic E-state index is 0.691. The Labute approximate surface area is 334 Å². The number of nitrogens with zero attached hydrogens (tertiary/aromatic N) is 4. The topological polar surface area (TPSA) is 35.6 Å². The van der Waals surface area contributed by atoms with Crippen LogP contribution in [0.1, 0.15) is 0 Å². The highest BCUT2D eigenvalue weighted by Gasteiger charge is 2.19. The third-order valence-corrected chi connectivity index (χ3v) is 11.7. The quantitative estimate of drug-likeness (QED) is 0.176. The SMILES string of the molecule is c1ccc(-n2c3ccccc3c3cc4c5ccccc5n(-c5ccc(-c6nc(-c7ccc8ccccc8c7)cc(-c7ccc8ccccc8c7)n6)cc5)c4cc32)cc1. The number of fused-ring (bicyclic) bond motifs is 8. The van der Waals surface area contributed by atoms with Gasteiger partial charge in [-0.25, -0.2) is 9.97 Å². The molecule has 0 saturated carbocycles. The Balaban J connectivity index is 1.03. The van der Waals surface area contributed by atoms with Crippen LogP contribution in [0.15, 0.2) is 206 Å². The first-order valence-corrected chi connectivity index (χ1v) is 19.7. The van der Waals surface area contributed by atoms with Crippen molar-refractivity contribution >= 4 is 65.2 Å². The first kappa shape index (κ1) is 32.4. The summed E-state index contributed by atoms with van der Waals surface area (Å²) in [5, 5.41) is 9.74. The van der Waals surface area contributed by atoms with Crippen LogP contribution in [-0.4, -0.2) is 19.1 Å². The van der Waals surface area contributed by atoms with E-state index in [1.54, 1.807) is 0 Å². The fourth-order valence-electron chi connectivity index (χ4n) is 8.89. The molecular formula is C54H34N4. The van der Waals surface area contributed by atoms with E-state index in [0.29, 0.717) is 5.82 Å². The predicted molar refractivity (Wildman–Crippen MR) is 242 cm³/mol. The van der Waals surface area contributed by atoms with Crippen LogP contribution in [-0.2, 0) is 0 Å². The molecule has 3 aromatic heterocycles. The van der Waals surface area contributed by atoms with Crippen LogP contribution in [0.3, 0.4) is 0 Å². The van der Waals surface area contributed by atoms with Crippen LogP contribution in [0.25, 0.3) is 110 Å². The van der Waals surface area contributed by atoms with Crippen LogP contribution in [0, 0.1) is 0 Å². The number of aromatic nitrogens is 4. The molecule has 0 spiro atoms. The van der Waals surface area contributed by atoms with Gasteiger partial charge >= 0.3 is 0 Å². The standard InChI is InChI=1S/C54H34N4/c1-2-16-42(17-3-1)57-50-20-10-8-18-44(50)46-32-47-45-19-9-11-21-51(45)58(53(47)34-52(46)57)43-28-26-37(27-29-43)54-55-48(40-24-22-35-12-4-6-14-38(35)30-40)33-49(56-54)41-25-23-36-13-5-7-15-39(36)31-41/h1-34H. The second-order valence-corrected chi connectivity index (χ2v) is 15.1. The third kappa shape index (κ3) is 5.16. The van der Waals surface area contributed by atoms with Crippen molar-refractivity contribution < 1.29 is 0 Å². The highest BCUT2D eigenvalue weighted by molar-refractivity contribution is 6.19. The van der Waals surface area contributed by atoms with E-state index in [1.165, 1.54) is 59.6 Å². The van der Waals surface area contributed by atoms with Crippen molar-refractivity contribution in [2.75, 3.05) is 0 Å². The molecule has 3 heterocycles. The van der Waals surface area contributed by atoms with Gasteiger partial charge in [-0.1, -0.05) is 127 Å². The Kier molecular flexibility index (Phi) is 7.20. The van der Waals surface area contributed by atoms with Crippen LogP contribution < -0.4 is 0 Å². The minimum absolute atomic E-state index is 0.691. The molecule has 0 radical (unpaired) electrons. The van der Waals surface area contributed by atoms with Gasteiger partial charge in [-0.15, -0.1) is 0 Å². The van der Waals surface area contributed by atoms with Gasteiger partial charge in [0.25, 0.3) is 0 Å². The molecule has 0 unspecified atom stereocenters. The molecule has 0 aliphatic carbocycles. The summed E-state index contributed by atoms with van der Waals surface area (Å²) in [5.74, 6) is 0.691. The predicted octanol–water partition coefficient (Wildman–Crippen LogP) is 14.0. The lowest BCUT2D eigenvalue weighted by molar-refractivity contribution is 1.16. The summed E-state index contributed by atoms with van der Waals surface area (Å²) in [6, 6.07) is 73.8. The Morgan fingerprint density at radius 1 is 0.276 bits per heavy atom. The van der Waals surface area contributed by atoms with Gasteiger partial charge in [-0.3, -0.25) is 0 Å². The summed E-state index contributed by atoms with van der Waals surface area (Å²) in [4.78, 5) is 10.5. The van der Waals surface area contributed by atoms with Gasteiger partial charge in [0.2, 0.25) is 0 Å². The van der Waals surface area contributed by atoms with E-state index < -0.39 is 0 Å². The molecule has 0 atom stereocenters. The highest BCUT2D eigenvalue weighted by atomic mass is 15.0. The summed E-state index contributed by atoms with van der Waals surface area (Å²) in [6.07, 6.45) is 0. The Bertz CT molecular complexity index is 3460. The fourth-order valence-corrected chi connectivity index (χ4v) is 8.89. The van der Waals surface area contributed by atoms with Crippen LogP contribution in [0.2, 0.25) is 0 Å². The zero-order valence-electron chi connectivity index (χ0n) is 31.4. The van der Waals surface area contributed by atoms with Gasteiger partial charge in [-0.2, -0.15) is 0 Å². The van der Waals surface area contributed by atoms with E-state index in [1.807, 2.05) is 0 Å². The molecule has 12 aromatic rings. The maximum Gasteiger partial charge on any atom is 0.160 e. The maximum atomic E-state index is 5.23. The van der Waals surface area contributed by atoms with Gasteiger partial charge < -0.3 is 9.13 Å². The second-order valence-electron chi connectivity index (χ2n) is 15.1. The number of benzene rings is 9. The first-order chi connectivity index (χ1) is 28.7. The fraction of sp³-hybridized carbons (Fsp3) is 0. The summed E-state index contributed by atoms with van der Waals surface area (Å²) in [6.45, 7) is 0. The number of hydrogen-bond donors (Lipinski definition) is 0. The smallest absolute Gasteiger partial charge is 0.160 e. The van der Waals surface area contributed by atoms with Crippen molar-refractivity contribution in [2.24, 2.45) is 0 Å². The van der Waals surface area contributed by atoms with Gasteiger partial charge in [0.15, 0.2) is 5.82 Å². The zero-order valence-corrected chi connectivity index (χ0v) is 31.4. The summed E-state index contributed by atoms with van der Waals surface area (Å²) in [5.41, 5.74) is 11.8. The zero-order chi connectivity index (χ0) is 38.2. The van der Waals surface area contributed by atoms with Crippen molar-refractivity contribution in [3.63, 3.8) is 0 Å². The molecule has 4 nitrogen and oxygen atoms in total. The van der Waals surface area contributed by atoms with Gasteiger partial charge in [0.1, 0.15) is 0 Å². The number of para-hydroxylation sites is 3. The number of rotatable bonds is 5. The molecule has 0 aliphatic heterocycles. The van der Waals surface area contributed by atoms with Gasteiger partial charge in [0, 0.05) is 49.6 Å². The van der Waals surface area contributed by atoms with Crippen molar-refractivity contribution in [3.8, 4) is 45.3 Å². The Morgan fingerprint density at radius 2 is 0.724 bits per heavy atom. The van der Waals surface area contributed by atoms with Crippen molar-refractivity contribution in [1.29, 1.82) is 0 Å². The van der Waals surface area contributed by atoms with Gasteiger partial charge in [0.05, 0.1) is 33.5 Å². The summed E-state index contributed by atoms with van der Waals surface area (Å²) >= 11 is 0. The number of hydrogen-bond acceptors (Lipinski definition) is 2. The molecule has 0 fully saturated rings. The molecule has 58 heavy (non-hydrogen) atoms. The lowest BCUT2D eigenvalue weighted by Gasteiger charge is -2.12. The molecule has 9 aromatic carbocycles. The molecule has 0 saturated heterocycles. The van der Waals surface area contributed by atoms with Crippen molar-refractivity contribution in [3.05, 3.63) is 206 Å². The third-order valence-electron chi connectivity index (χ3n) is 11.7. The molecule has 4 heteroatoms. The van der Waals surface area contributed by atoms with E-state index >= 15 is 0 Å². The molecule has 0 amide bonds. The Morgan fingerprint density at radius 3 is 1.28 bits per heavy atom. The minimum Gasteiger partial charge on any atom is -0.309 e. The highest BCUT2D eigenvalue weighted by Crippen LogP contribution is 2.40. The lowest BCUT2D eigenvalue weighted by atomic mass is 10.0. The Hall–Kier alpha value is -7.82. The maximum absolute atomic E-state index is 5.23. The molecular weight excluding hydrogens is 705 g/mol. The van der Waals surface area contributed by atoms with Crippen molar-refractivity contribution in [1.82, 2.24) is 19.1 Å². The second kappa shape index (κ2) is 12.9. The van der Waals surface area contributed by atoms with Crippen molar-refractivity contribution in [2.45, 2.75) is 0 Å². The van der Waals surface area contributed by atoms with E-state index in [0.717, 1.165) is 45.0 Å². The summed E-state index contributed by atoms with van der Waals surface area (Å²) < 4.78 is 4.79. The lowest BCUT2D eigenvalue weighted by Crippen LogP contribution is -1.98. The summed E-state index contributed by atoms with van der Waals surface area (Å²) in [7, 11) is 0. The normalized spacial score (nSPS) is 11.8. The molecule has 0 bridgehead atoms. The average Bonchev–Trinajstić information content (AvgIpc) is 3.80. The van der Waals surface area contributed by atoms with Crippen LogP contribution in [0.4, 0.5) is 0 Å². The van der Waals surface area contributed by atoms with E-state index in [4.69, 9.17) is 9.97 Å². The monoisotopic (exact) mass is 738 g/mol. The van der Waals surface area contributed by atoms with E-state index in [9.17, 15) is 0 Å². The van der Waals surface area contributed by atoms with E-state index in [-0.39, 0.29) is 0 Å². The molecule has 0 N–H and O–H groups in total. The van der Waals surface area contributed by atoms with Gasteiger partial charge in [-0.05, 0) is 100 Å². The molecule has 12 rings (SSSR count). The first-order valence-electron chi connectivity index (χ1n) is 19.7. The van der Waals surface area contributed by atoms with E-state index in [2.05, 4.69) is 215 Å². The van der Waals surface area contributed by atoms with Crippen LogP contribution in [0.5, 0.6) is 0 Å². The largest absolute Gasteiger partial charge is 0.309 e. The van der Waals surface area contributed by atoms with Crippen LogP contribution >= 0.6 is 0 Å². The molecule has 0 aliphatic rings. The average molecular weight is 739 g/mol.